The summed E-state index contributed by atoms with van der Waals surface area (Å²) in [7, 11) is 0. The monoisotopic (exact) mass is 309 g/mol. The van der Waals surface area contributed by atoms with Crippen LogP contribution in [0, 0.1) is 11.7 Å². The van der Waals surface area contributed by atoms with Crippen molar-refractivity contribution in [3.8, 4) is 0 Å². The summed E-state index contributed by atoms with van der Waals surface area (Å²) in [6, 6.07) is 13.4. The number of likely N-dealkylation sites (tertiary alicyclic amines) is 1. The summed E-state index contributed by atoms with van der Waals surface area (Å²) >= 11 is 0. The van der Waals surface area contributed by atoms with Crippen molar-refractivity contribution >= 4 is 5.65 Å². The Morgan fingerprint density at radius 2 is 2.04 bits per heavy atom. The van der Waals surface area contributed by atoms with Crippen molar-refractivity contribution in [2.45, 2.75) is 19.4 Å². The Balaban J connectivity index is 1.43. The van der Waals surface area contributed by atoms with E-state index in [1.807, 2.05) is 30.6 Å². The minimum Gasteiger partial charge on any atom is -0.303 e. The first-order valence-electron chi connectivity index (χ1n) is 8.16. The van der Waals surface area contributed by atoms with Crippen molar-refractivity contribution in [2.24, 2.45) is 5.92 Å². The number of benzene rings is 1. The maximum absolute atomic E-state index is 13.8. The van der Waals surface area contributed by atoms with E-state index in [1.165, 1.54) is 5.69 Å². The van der Waals surface area contributed by atoms with Gasteiger partial charge in [-0.15, -0.1) is 0 Å². The summed E-state index contributed by atoms with van der Waals surface area (Å²) in [4.78, 5) is 6.80. The first-order valence-corrected chi connectivity index (χ1v) is 8.16. The summed E-state index contributed by atoms with van der Waals surface area (Å²) in [5.41, 5.74) is 3.09. The van der Waals surface area contributed by atoms with E-state index >= 15 is 0 Å². The van der Waals surface area contributed by atoms with Gasteiger partial charge in [0.2, 0.25) is 0 Å². The van der Waals surface area contributed by atoms with Gasteiger partial charge in [-0.1, -0.05) is 24.3 Å². The Morgan fingerprint density at radius 3 is 2.96 bits per heavy atom. The molecule has 0 bridgehead atoms. The van der Waals surface area contributed by atoms with E-state index in [9.17, 15) is 4.39 Å². The number of aromatic nitrogens is 2. The fourth-order valence-electron chi connectivity index (χ4n) is 3.56. The molecule has 0 amide bonds. The van der Waals surface area contributed by atoms with Gasteiger partial charge in [0.1, 0.15) is 11.5 Å². The van der Waals surface area contributed by atoms with E-state index in [2.05, 4.69) is 26.4 Å². The zero-order valence-electron chi connectivity index (χ0n) is 13.0. The zero-order valence-corrected chi connectivity index (χ0v) is 13.0. The average Bonchev–Trinajstić information content (AvgIpc) is 3.19. The summed E-state index contributed by atoms with van der Waals surface area (Å²) < 4.78 is 15.9. The van der Waals surface area contributed by atoms with Crippen LogP contribution < -0.4 is 0 Å². The van der Waals surface area contributed by atoms with Gasteiger partial charge < -0.3 is 4.40 Å². The number of fused-ring (bicyclic) bond motifs is 1. The Morgan fingerprint density at radius 1 is 1.13 bits per heavy atom. The third-order valence-electron chi connectivity index (χ3n) is 4.73. The van der Waals surface area contributed by atoms with Gasteiger partial charge in [0.05, 0.1) is 0 Å². The number of pyridine rings is 1. The predicted octanol–water partition coefficient (Wildman–Crippen LogP) is 3.54. The average molecular weight is 309 g/mol. The Kier molecular flexibility index (Phi) is 3.83. The number of nitrogens with zero attached hydrogens (tertiary/aromatic N) is 3. The van der Waals surface area contributed by atoms with E-state index in [0.29, 0.717) is 5.92 Å². The van der Waals surface area contributed by atoms with Gasteiger partial charge in [-0.05, 0) is 49.1 Å². The molecule has 0 N–H and O–H groups in total. The van der Waals surface area contributed by atoms with Crippen molar-refractivity contribution in [3.05, 3.63) is 71.9 Å². The van der Waals surface area contributed by atoms with Crippen LogP contribution in [0.1, 0.15) is 17.7 Å². The molecule has 4 rings (SSSR count). The highest BCUT2D eigenvalue weighted by atomic mass is 19.1. The molecule has 1 aromatic carbocycles. The van der Waals surface area contributed by atoms with Crippen LogP contribution in [-0.4, -0.2) is 27.4 Å². The second-order valence-electron chi connectivity index (χ2n) is 6.36. The number of imidazole rings is 1. The molecule has 3 nitrogen and oxygen atoms in total. The minimum atomic E-state index is -0.0749. The fraction of sp³-hybridized carbons (Fsp3) is 0.316. The highest BCUT2D eigenvalue weighted by molar-refractivity contribution is 5.39. The van der Waals surface area contributed by atoms with Gasteiger partial charge in [-0.25, -0.2) is 9.37 Å². The largest absolute Gasteiger partial charge is 0.303 e. The van der Waals surface area contributed by atoms with Gasteiger partial charge in [0.15, 0.2) is 0 Å². The molecule has 1 atom stereocenters. The molecule has 3 aromatic rings. The second kappa shape index (κ2) is 6.13. The van der Waals surface area contributed by atoms with Gasteiger partial charge >= 0.3 is 0 Å². The Bertz CT molecular complexity index is 811. The van der Waals surface area contributed by atoms with Crippen LogP contribution in [-0.2, 0) is 13.0 Å². The van der Waals surface area contributed by atoms with Crippen LogP contribution in [0.2, 0.25) is 0 Å². The first kappa shape index (κ1) is 14.4. The molecule has 23 heavy (non-hydrogen) atoms. The predicted molar refractivity (Wildman–Crippen MR) is 88.7 cm³/mol. The molecule has 1 unspecified atom stereocenters. The highest BCUT2D eigenvalue weighted by Gasteiger charge is 2.24. The molecule has 0 saturated carbocycles. The minimum absolute atomic E-state index is 0.0749. The topological polar surface area (TPSA) is 20.5 Å². The molecule has 118 valence electrons. The highest BCUT2D eigenvalue weighted by Crippen LogP contribution is 2.23. The lowest BCUT2D eigenvalue weighted by Gasteiger charge is -2.17. The number of hydrogen-bond donors (Lipinski definition) is 0. The Hall–Kier alpha value is -2.20. The van der Waals surface area contributed by atoms with E-state index in [1.54, 1.807) is 12.1 Å². The van der Waals surface area contributed by atoms with Crippen molar-refractivity contribution in [3.63, 3.8) is 0 Å². The smallest absolute Gasteiger partial charge is 0.136 e. The summed E-state index contributed by atoms with van der Waals surface area (Å²) in [5, 5.41) is 0. The first-order chi connectivity index (χ1) is 11.3. The van der Waals surface area contributed by atoms with E-state index < -0.39 is 0 Å². The van der Waals surface area contributed by atoms with Crippen LogP contribution in [0.5, 0.6) is 0 Å². The normalized spacial score (nSPS) is 18.7. The number of rotatable bonds is 4. The van der Waals surface area contributed by atoms with E-state index in [4.69, 9.17) is 0 Å². The van der Waals surface area contributed by atoms with Crippen LogP contribution in [0.25, 0.3) is 5.65 Å². The molecule has 3 heterocycles. The van der Waals surface area contributed by atoms with Crippen molar-refractivity contribution < 1.29 is 4.39 Å². The lowest BCUT2D eigenvalue weighted by Crippen LogP contribution is -2.22. The standard InChI is InChI=1S/C19H20FN3/c20-18-6-2-1-4-16(18)12-15-8-10-22(13-15)14-17-5-3-7-19-21-9-11-23(17)19/h1-7,9,11,15H,8,10,12-14H2. The molecule has 1 saturated heterocycles. The van der Waals surface area contributed by atoms with E-state index in [0.717, 1.165) is 43.7 Å². The Labute approximate surface area is 135 Å². The summed E-state index contributed by atoms with van der Waals surface area (Å²) in [6.45, 7) is 3.02. The molecule has 1 aliphatic heterocycles. The van der Waals surface area contributed by atoms with Crippen molar-refractivity contribution in [1.82, 2.24) is 14.3 Å². The molecule has 0 spiro atoms. The molecular formula is C19H20FN3. The lowest BCUT2D eigenvalue weighted by molar-refractivity contribution is 0.311. The maximum Gasteiger partial charge on any atom is 0.136 e. The molecule has 1 aliphatic rings. The van der Waals surface area contributed by atoms with Gasteiger partial charge in [0, 0.05) is 31.2 Å². The van der Waals surface area contributed by atoms with Crippen LogP contribution in [0.15, 0.2) is 54.9 Å². The molecular weight excluding hydrogens is 289 g/mol. The lowest BCUT2D eigenvalue weighted by atomic mass is 9.98. The molecule has 0 aliphatic carbocycles. The third-order valence-corrected chi connectivity index (χ3v) is 4.73. The fourth-order valence-corrected chi connectivity index (χ4v) is 3.56. The number of halogens is 1. The van der Waals surface area contributed by atoms with Gasteiger partial charge in [0.25, 0.3) is 0 Å². The SMILES string of the molecule is Fc1ccccc1CC1CCN(Cc2cccc3nccn23)C1. The zero-order chi connectivity index (χ0) is 15.6. The second-order valence-corrected chi connectivity index (χ2v) is 6.36. The molecule has 2 aromatic heterocycles. The third kappa shape index (κ3) is 2.99. The van der Waals surface area contributed by atoms with Crippen LogP contribution in [0.3, 0.4) is 0 Å². The summed E-state index contributed by atoms with van der Waals surface area (Å²) in [6.07, 6.45) is 5.81. The summed E-state index contributed by atoms with van der Waals surface area (Å²) in [5.74, 6) is 0.461. The molecule has 4 heteroatoms. The quantitative estimate of drug-likeness (QED) is 0.735. The molecule has 1 fully saturated rings. The van der Waals surface area contributed by atoms with Crippen LogP contribution in [0.4, 0.5) is 4.39 Å². The number of hydrogen-bond acceptors (Lipinski definition) is 2. The van der Waals surface area contributed by atoms with Gasteiger partial charge in [-0.3, -0.25) is 4.90 Å². The molecule has 0 radical (unpaired) electrons. The van der Waals surface area contributed by atoms with Gasteiger partial charge in [-0.2, -0.15) is 0 Å². The van der Waals surface area contributed by atoms with E-state index in [-0.39, 0.29) is 5.82 Å². The van der Waals surface area contributed by atoms with Crippen molar-refractivity contribution in [1.29, 1.82) is 0 Å². The van der Waals surface area contributed by atoms with Crippen LogP contribution >= 0.6 is 0 Å². The maximum atomic E-state index is 13.8. The van der Waals surface area contributed by atoms with Crippen molar-refractivity contribution in [2.75, 3.05) is 13.1 Å².